The molecule has 21 heavy (non-hydrogen) atoms. The fourth-order valence-corrected chi connectivity index (χ4v) is 2.72. The second-order valence-corrected chi connectivity index (χ2v) is 12.9. The Morgan fingerprint density at radius 2 is 1.90 bits per heavy atom. The van der Waals surface area contributed by atoms with Crippen LogP contribution in [-0.2, 0) is 4.74 Å². The Labute approximate surface area is 130 Å². The van der Waals surface area contributed by atoms with Crippen LogP contribution in [0.25, 0.3) is 0 Å². The highest BCUT2D eigenvalue weighted by atomic mass is 28.3. The van der Waals surface area contributed by atoms with Gasteiger partial charge in [0.25, 0.3) is 0 Å². The topological polar surface area (TPSA) is 29.5 Å². The summed E-state index contributed by atoms with van der Waals surface area (Å²) in [5.41, 5.74) is 3.77. The molecule has 1 rings (SSSR count). The molecule has 0 aromatic rings. The quantitative estimate of drug-likeness (QED) is 0.495. The van der Waals surface area contributed by atoms with E-state index in [2.05, 4.69) is 45.0 Å². The lowest BCUT2D eigenvalue weighted by atomic mass is 9.95. The van der Waals surface area contributed by atoms with Crippen LogP contribution < -0.4 is 0 Å². The average Bonchev–Trinajstić information content (AvgIpc) is 2.50. The molecule has 3 nitrogen and oxygen atoms in total. The molecule has 1 amide bonds. The van der Waals surface area contributed by atoms with Gasteiger partial charge in [0.2, 0.25) is 0 Å². The molecule has 0 bridgehead atoms. The number of allylic oxidation sites excluding steroid dienone is 1. The molecule has 0 atom stereocenters. The third kappa shape index (κ3) is 5.24. The minimum absolute atomic E-state index is 0.242. The van der Waals surface area contributed by atoms with Crippen LogP contribution in [0.3, 0.4) is 0 Å². The zero-order valence-corrected chi connectivity index (χ0v) is 15.8. The SMILES string of the molecule is CC(C)(C)OC(=O)N1CC/C(=C\C#C[Si](C)(C)C)C1(C)C. The molecular formula is C17H29NO2Si. The van der Waals surface area contributed by atoms with E-state index in [1.165, 1.54) is 5.57 Å². The first-order valence-electron chi connectivity index (χ1n) is 7.56. The van der Waals surface area contributed by atoms with E-state index in [0.29, 0.717) is 6.54 Å². The van der Waals surface area contributed by atoms with Gasteiger partial charge in [-0.15, -0.1) is 5.54 Å². The summed E-state index contributed by atoms with van der Waals surface area (Å²) in [6, 6.07) is 0. The van der Waals surface area contributed by atoms with Crippen LogP contribution in [0.2, 0.25) is 19.6 Å². The van der Waals surface area contributed by atoms with Crippen molar-refractivity contribution in [3.63, 3.8) is 0 Å². The smallest absolute Gasteiger partial charge is 0.410 e. The summed E-state index contributed by atoms with van der Waals surface area (Å²) in [7, 11) is -1.36. The van der Waals surface area contributed by atoms with Gasteiger partial charge < -0.3 is 4.74 Å². The van der Waals surface area contributed by atoms with E-state index in [1.807, 2.05) is 26.8 Å². The van der Waals surface area contributed by atoms with E-state index < -0.39 is 13.7 Å². The number of likely N-dealkylation sites (tertiary alicyclic amines) is 1. The van der Waals surface area contributed by atoms with Crippen molar-refractivity contribution < 1.29 is 9.53 Å². The van der Waals surface area contributed by atoms with Crippen molar-refractivity contribution in [3.05, 3.63) is 11.6 Å². The summed E-state index contributed by atoms with van der Waals surface area (Å²) in [5.74, 6) is 3.20. The van der Waals surface area contributed by atoms with E-state index in [-0.39, 0.29) is 11.6 Å². The van der Waals surface area contributed by atoms with Crippen molar-refractivity contribution in [3.8, 4) is 11.5 Å². The van der Waals surface area contributed by atoms with Crippen LogP contribution in [0.4, 0.5) is 4.79 Å². The zero-order valence-electron chi connectivity index (χ0n) is 14.8. The Morgan fingerprint density at radius 3 is 2.38 bits per heavy atom. The van der Waals surface area contributed by atoms with E-state index in [9.17, 15) is 4.79 Å². The van der Waals surface area contributed by atoms with E-state index >= 15 is 0 Å². The molecule has 1 fully saturated rings. The van der Waals surface area contributed by atoms with Gasteiger partial charge in [0.1, 0.15) is 13.7 Å². The third-order valence-corrected chi connectivity index (χ3v) is 4.27. The van der Waals surface area contributed by atoms with Crippen molar-refractivity contribution in [2.24, 2.45) is 0 Å². The molecule has 1 heterocycles. The van der Waals surface area contributed by atoms with Gasteiger partial charge in [-0.25, -0.2) is 4.79 Å². The molecule has 4 heteroatoms. The number of ether oxygens (including phenoxy) is 1. The summed E-state index contributed by atoms with van der Waals surface area (Å²) in [4.78, 5) is 14.1. The predicted molar refractivity (Wildman–Crippen MR) is 90.8 cm³/mol. The van der Waals surface area contributed by atoms with Crippen molar-refractivity contribution in [2.75, 3.05) is 6.54 Å². The van der Waals surface area contributed by atoms with Crippen LogP contribution >= 0.6 is 0 Å². The summed E-state index contributed by atoms with van der Waals surface area (Å²) >= 11 is 0. The van der Waals surface area contributed by atoms with Crippen molar-refractivity contribution in [1.29, 1.82) is 0 Å². The summed E-state index contributed by atoms with van der Waals surface area (Å²) < 4.78 is 5.49. The first kappa shape index (κ1) is 17.8. The molecule has 0 aromatic heterocycles. The molecule has 1 saturated heterocycles. The lowest BCUT2D eigenvalue weighted by Gasteiger charge is -2.34. The Hall–Kier alpha value is -1.21. The second-order valence-electron chi connectivity index (χ2n) is 8.13. The Kier molecular flexibility index (Phi) is 5.00. The standard InChI is InChI=1S/C17H29NO2Si/c1-16(2,3)20-15(19)18-12-11-14(17(18,4)5)10-9-13-21(6,7)8/h10H,11-12H2,1-8H3/b14-10+. The van der Waals surface area contributed by atoms with Gasteiger partial charge in [0.15, 0.2) is 0 Å². The molecule has 0 aromatic carbocycles. The Bertz CT molecular complexity index is 496. The first-order valence-corrected chi connectivity index (χ1v) is 11.1. The molecule has 0 unspecified atom stereocenters. The molecule has 0 aliphatic carbocycles. The molecule has 118 valence electrons. The highest BCUT2D eigenvalue weighted by Crippen LogP contribution is 2.34. The number of hydrogen-bond acceptors (Lipinski definition) is 2. The second kappa shape index (κ2) is 5.88. The van der Waals surface area contributed by atoms with Crippen molar-refractivity contribution >= 4 is 14.2 Å². The molecular weight excluding hydrogens is 278 g/mol. The number of nitrogens with zero attached hydrogens (tertiary/aromatic N) is 1. The monoisotopic (exact) mass is 307 g/mol. The van der Waals surface area contributed by atoms with Gasteiger partial charge >= 0.3 is 6.09 Å². The first-order chi connectivity index (χ1) is 9.33. The normalized spacial score (nSPS) is 20.2. The zero-order chi connectivity index (χ0) is 16.5. The Balaban J connectivity index is 2.89. The lowest BCUT2D eigenvalue weighted by molar-refractivity contribution is 0.0160. The molecule has 0 spiro atoms. The maximum atomic E-state index is 12.3. The molecule has 0 N–H and O–H groups in total. The molecule has 0 saturated carbocycles. The summed E-state index contributed by atoms with van der Waals surface area (Å²) in [5, 5.41) is 0. The summed E-state index contributed by atoms with van der Waals surface area (Å²) in [6.45, 7) is 17.2. The number of carbonyl (C=O) groups excluding carboxylic acids is 1. The van der Waals surface area contributed by atoms with Crippen molar-refractivity contribution in [1.82, 2.24) is 4.90 Å². The largest absolute Gasteiger partial charge is 0.444 e. The van der Waals surface area contributed by atoms with Crippen LogP contribution in [0.1, 0.15) is 41.0 Å². The lowest BCUT2D eigenvalue weighted by Crippen LogP contribution is -2.46. The average molecular weight is 308 g/mol. The van der Waals surface area contributed by atoms with E-state index in [1.54, 1.807) is 4.90 Å². The van der Waals surface area contributed by atoms with Crippen molar-refractivity contribution in [2.45, 2.75) is 71.8 Å². The fraction of sp³-hybridized carbons (Fsp3) is 0.706. The van der Waals surface area contributed by atoms with Gasteiger partial charge in [-0.3, -0.25) is 4.90 Å². The predicted octanol–water partition coefficient (Wildman–Crippen LogP) is 4.21. The van der Waals surface area contributed by atoms with Gasteiger partial charge in [-0.1, -0.05) is 25.6 Å². The maximum absolute atomic E-state index is 12.3. The highest BCUT2D eigenvalue weighted by Gasteiger charge is 2.41. The molecule has 0 radical (unpaired) electrons. The number of hydrogen-bond donors (Lipinski definition) is 0. The van der Waals surface area contributed by atoms with Crippen LogP contribution in [0, 0.1) is 11.5 Å². The van der Waals surface area contributed by atoms with Crippen LogP contribution in [0.15, 0.2) is 11.6 Å². The molecule has 1 aliphatic rings. The van der Waals surface area contributed by atoms with Crippen LogP contribution in [0.5, 0.6) is 0 Å². The molecule has 1 aliphatic heterocycles. The van der Waals surface area contributed by atoms with E-state index in [0.717, 1.165) is 6.42 Å². The maximum Gasteiger partial charge on any atom is 0.410 e. The highest BCUT2D eigenvalue weighted by molar-refractivity contribution is 6.83. The number of rotatable bonds is 0. The minimum atomic E-state index is -1.36. The Morgan fingerprint density at radius 1 is 1.33 bits per heavy atom. The fourth-order valence-electron chi connectivity index (χ4n) is 2.22. The number of carbonyl (C=O) groups is 1. The van der Waals surface area contributed by atoms with Gasteiger partial charge in [0.05, 0.1) is 5.54 Å². The van der Waals surface area contributed by atoms with Crippen LogP contribution in [-0.4, -0.2) is 36.8 Å². The van der Waals surface area contributed by atoms with Gasteiger partial charge in [-0.05, 0) is 52.7 Å². The van der Waals surface area contributed by atoms with Gasteiger partial charge in [0, 0.05) is 6.54 Å². The third-order valence-electron chi connectivity index (χ3n) is 3.37. The minimum Gasteiger partial charge on any atom is -0.444 e. The van der Waals surface area contributed by atoms with E-state index in [4.69, 9.17) is 4.74 Å². The van der Waals surface area contributed by atoms with Gasteiger partial charge in [-0.2, -0.15) is 0 Å². The number of amides is 1. The summed E-state index contributed by atoms with van der Waals surface area (Å²) in [6.07, 6.45) is 2.63.